The quantitative estimate of drug-likeness (QED) is 0.521. The number of benzene rings is 1. The normalized spacial score (nSPS) is 11.1. The molecule has 82 valence electrons. The Kier molecular flexibility index (Phi) is 2.94. The molecule has 0 aliphatic heterocycles. The summed E-state index contributed by atoms with van der Waals surface area (Å²) in [5.74, 6) is -0.986. The Hall–Kier alpha value is -1.63. The lowest BCUT2D eigenvalue weighted by atomic mass is 10.1. The fourth-order valence-electron chi connectivity index (χ4n) is 1.03. The molecule has 0 aliphatic carbocycles. The minimum atomic E-state index is -3.47. The van der Waals surface area contributed by atoms with Gasteiger partial charge in [-0.2, -0.15) is 0 Å². The van der Waals surface area contributed by atoms with Crippen LogP contribution in [0.25, 0.3) is 0 Å². The summed E-state index contributed by atoms with van der Waals surface area (Å²) in [6.07, 6.45) is 0.959. The van der Waals surface area contributed by atoms with Crippen molar-refractivity contribution in [1.82, 2.24) is 0 Å². The molecule has 0 saturated carbocycles. The lowest BCUT2D eigenvalue weighted by molar-refractivity contribution is 0.606. The van der Waals surface area contributed by atoms with E-state index in [1.165, 1.54) is 6.07 Å². The molecule has 0 heterocycles. The zero-order valence-electron chi connectivity index (χ0n) is 7.91. The van der Waals surface area contributed by atoms with Crippen LogP contribution in [0.3, 0.4) is 0 Å². The number of hydrogen-bond acceptors (Lipinski definition) is 3. The van der Waals surface area contributed by atoms with E-state index in [2.05, 4.69) is 4.72 Å². The van der Waals surface area contributed by atoms with E-state index < -0.39 is 21.7 Å². The first kappa shape index (κ1) is 11.4. The Morgan fingerprint density at radius 1 is 1.53 bits per heavy atom. The summed E-state index contributed by atoms with van der Waals surface area (Å²) >= 11 is 0. The molecule has 0 atom stereocenters. The van der Waals surface area contributed by atoms with Crippen molar-refractivity contribution in [1.29, 1.82) is 5.41 Å². The summed E-state index contributed by atoms with van der Waals surface area (Å²) in [6, 6.07) is 3.29. The van der Waals surface area contributed by atoms with Crippen molar-refractivity contribution in [2.45, 2.75) is 0 Å². The number of halogens is 1. The van der Waals surface area contributed by atoms with Crippen LogP contribution in [0.15, 0.2) is 18.2 Å². The third kappa shape index (κ3) is 3.21. The monoisotopic (exact) mass is 231 g/mol. The topological polar surface area (TPSA) is 96.0 Å². The molecule has 1 rings (SSSR count). The largest absolute Gasteiger partial charge is 0.384 e. The molecule has 0 saturated heterocycles. The number of hydrogen-bond donors (Lipinski definition) is 3. The van der Waals surface area contributed by atoms with Gasteiger partial charge in [0, 0.05) is 5.56 Å². The third-order valence-corrected chi connectivity index (χ3v) is 2.16. The summed E-state index contributed by atoms with van der Waals surface area (Å²) in [4.78, 5) is 0. The molecular formula is C8H10FN3O2S. The molecular weight excluding hydrogens is 221 g/mol. The molecule has 4 N–H and O–H groups in total. The molecule has 0 aromatic heterocycles. The number of nitrogens with two attached hydrogens (primary N) is 1. The second-order valence-electron chi connectivity index (χ2n) is 2.98. The van der Waals surface area contributed by atoms with Crippen molar-refractivity contribution in [3.05, 3.63) is 29.6 Å². The second-order valence-corrected chi connectivity index (χ2v) is 4.73. The Morgan fingerprint density at radius 2 is 2.13 bits per heavy atom. The summed E-state index contributed by atoms with van der Waals surface area (Å²) in [6.45, 7) is 0. The smallest absolute Gasteiger partial charge is 0.229 e. The van der Waals surface area contributed by atoms with Crippen molar-refractivity contribution in [3.8, 4) is 0 Å². The van der Waals surface area contributed by atoms with Gasteiger partial charge in [-0.05, 0) is 18.2 Å². The average molecular weight is 231 g/mol. The molecule has 1 aromatic carbocycles. The highest BCUT2D eigenvalue weighted by molar-refractivity contribution is 7.92. The van der Waals surface area contributed by atoms with E-state index in [9.17, 15) is 12.8 Å². The highest BCUT2D eigenvalue weighted by Crippen LogP contribution is 2.17. The van der Waals surface area contributed by atoms with Crippen LogP contribution in [0.1, 0.15) is 5.56 Å². The van der Waals surface area contributed by atoms with Gasteiger partial charge >= 0.3 is 0 Å². The number of rotatable bonds is 3. The molecule has 0 spiro atoms. The maximum atomic E-state index is 12.8. The highest BCUT2D eigenvalue weighted by atomic mass is 32.2. The van der Waals surface area contributed by atoms with Gasteiger partial charge in [0.1, 0.15) is 11.7 Å². The number of nitrogens with one attached hydrogen (secondary N) is 2. The molecule has 0 unspecified atom stereocenters. The van der Waals surface area contributed by atoms with Crippen molar-refractivity contribution in [3.63, 3.8) is 0 Å². The second kappa shape index (κ2) is 3.85. The van der Waals surface area contributed by atoms with Crippen molar-refractivity contribution >= 4 is 21.5 Å². The van der Waals surface area contributed by atoms with Gasteiger partial charge in [0.05, 0.1) is 11.9 Å². The van der Waals surface area contributed by atoms with E-state index >= 15 is 0 Å². The molecule has 7 heteroatoms. The lowest BCUT2D eigenvalue weighted by Crippen LogP contribution is -2.17. The van der Waals surface area contributed by atoms with Crippen molar-refractivity contribution < 1.29 is 12.8 Å². The first-order valence-electron chi connectivity index (χ1n) is 3.91. The SMILES string of the molecule is CS(=O)(=O)Nc1ccc(F)cc1C(=N)N. The van der Waals surface area contributed by atoms with Crippen LogP contribution in [-0.4, -0.2) is 20.5 Å². The minimum absolute atomic E-state index is 0.0143. The van der Waals surface area contributed by atoms with Crippen LogP contribution < -0.4 is 10.5 Å². The average Bonchev–Trinajstić information content (AvgIpc) is 2.05. The standard InChI is InChI=1S/C8H10FN3O2S/c1-15(13,14)12-7-3-2-5(9)4-6(7)8(10)11/h2-4,12H,1H3,(H3,10,11). The Balaban J connectivity index is 3.24. The van der Waals surface area contributed by atoms with Gasteiger partial charge in [0.25, 0.3) is 0 Å². The van der Waals surface area contributed by atoms with Gasteiger partial charge < -0.3 is 5.73 Å². The van der Waals surface area contributed by atoms with E-state index in [4.69, 9.17) is 11.1 Å². The summed E-state index contributed by atoms with van der Waals surface area (Å²) in [5, 5.41) is 7.16. The lowest BCUT2D eigenvalue weighted by Gasteiger charge is -2.09. The molecule has 0 amide bonds. The van der Waals surface area contributed by atoms with Gasteiger partial charge in [0.15, 0.2) is 0 Å². The predicted molar refractivity (Wildman–Crippen MR) is 55.9 cm³/mol. The van der Waals surface area contributed by atoms with Crippen molar-refractivity contribution in [2.75, 3.05) is 11.0 Å². The number of anilines is 1. The zero-order valence-corrected chi connectivity index (χ0v) is 8.73. The van der Waals surface area contributed by atoms with Gasteiger partial charge in [-0.3, -0.25) is 10.1 Å². The first-order chi connectivity index (χ1) is 6.79. The van der Waals surface area contributed by atoms with Crippen LogP contribution in [-0.2, 0) is 10.0 Å². The minimum Gasteiger partial charge on any atom is -0.384 e. The van der Waals surface area contributed by atoms with Crippen LogP contribution in [0.2, 0.25) is 0 Å². The Morgan fingerprint density at radius 3 is 2.60 bits per heavy atom. The van der Waals surface area contributed by atoms with E-state index in [0.717, 1.165) is 18.4 Å². The van der Waals surface area contributed by atoms with E-state index in [0.29, 0.717) is 0 Å². The fraction of sp³-hybridized carbons (Fsp3) is 0.125. The molecule has 0 fully saturated rings. The summed E-state index contributed by atoms with van der Waals surface area (Å²) < 4.78 is 36.8. The molecule has 1 aromatic rings. The van der Waals surface area contributed by atoms with E-state index in [1.807, 2.05) is 0 Å². The highest BCUT2D eigenvalue weighted by Gasteiger charge is 2.10. The predicted octanol–water partition coefficient (Wildman–Crippen LogP) is 0.481. The van der Waals surface area contributed by atoms with Gasteiger partial charge in [-0.25, -0.2) is 12.8 Å². The molecule has 0 radical (unpaired) electrons. The van der Waals surface area contributed by atoms with Crippen LogP contribution in [0, 0.1) is 11.2 Å². The fourth-order valence-corrected chi connectivity index (χ4v) is 1.61. The zero-order chi connectivity index (χ0) is 11.6. The molecule has 0 aliphatic rings. The summed E-state index contributed by atoms with van der Waals surface area (Å²) in [7, 11) is -3.47. The van der Waals surface area contributed by atoms with Gasteiger partial charge in [-0.1, -0.05) is 0 Å². The Labute approximate surface area is 86.7 Å². The van der Waals surface area contributed by atoms with Crippen LogP contribution in [0.4, 0.5) is 10.1 Å². The van der Waals surface area contributed by atoms with E-state index in [1.54, 1.807) is 0 Å². The molecule has 0 bridgehead atoms. The first-order valence-corrected chi connectivity index (χ1v) is 5.80. The molecule has 5 nitrogen and oxygen atoms in total. The summed E-state index contributed by atoms with van der Waals surface area (Å²) in [5.41, 5.74) is 5.29. The van der Waals surface area contributed by atoms with Crippen LogP contribution in [0.5, 0.6) is 0 Å². The maximum Gasteiger partial charge on any atom is 0.229 e. The Bertz CT molecular complexity index is 499. The number of amidine groups is 1. The number of nitrogen functional groups attached to an aromatic ring is 1. The third-order valence-electron chi connectivity index (χ3n) is 1.57. The van der Waals surface area contributed by atoms with Crippen LogP contribution >= 0.6 is 0 Å². The van der Waals surface area contributed by atoms with E-state index in [-0.39, 0.29) is 11.3 Å². The van der Waals surface area contributed by atoms with Gasteiger partial charge in [0.2, 0.25) is 10.0 Å². The van der Waals surface area contributed by atoms with Crippen molar-refractivity contribution in [2.24, 2.45) is 5.73 Å². The number of sulfonamides is 1. The van der Waals surface area contributed by atoms with Gasteiger partial charge in [-0.15, -0.1) is 0 Å². The maximum absolute atomic E-state index is 12.8. The molecule has 15 heavy (non-hydrogen) atoms.